The number of methoxy groups -OCH3 is 1. The van der Waals surface area contributed by atoms with Gasteiger partial charge in [-0.05, 0) is 18.9 Å². The van der Waals surface area contributed by atoms with Gasteiger partial charge in [-0.1, -0.05) is 12.8 Å². The second-order valence-electron chi connectivity index (χ2n) is 4.38. The zero-order valence-electron chi connectivity index (χ0n) is 9.28. The SMILES string of the molecule is COC(=O)C1COCCN1CCC1CC1. The van der Waals surface area contributed by atoms with E-state index < -0.39 is 0 Å². The molecule has 1 unspecified atom stereocenters. The number of esters is 1. The van der Waals surface area contributed by atoms with Gasteiger partial charge in [0, 0.05) is 6.54 Å². The van der Waals surface area contributed by atoms with Crippen molar-refractivity contribution in [2.45, 2.75) is 25.3 Å². The van der Waals surface area contributed by atoms with Crippen LogP contribution in [0.25, 0.3) is 0 Å². The van der Waals surface area contributed by atoms with Crippen LogP contribution in [-0.4, -0.2) is 50.3 Å². The van der Waals surface area contributed by atoms with Gasteiger partial charge in [-0.25, -0.2) is 0 Å². The highest BCUT2D eigenvalue weighted by atomic mass is 16.5. The van der Waals surface area contributed by atoms with E-state index in [9.17, 15) is 4.79 Å². The highest BCUT2D eigenvalue weighted by molar-refractivity contribution is 5.75. The lowest BCUT2D eigenvalue weighted by Crippen LogP contribution is -2.50. The number of nitrogens with zero attached hydrogens (tertiary/aromatic N) is 1. The Morgan fingerprint density at radius 3 is 3.00 bits per heavy atom. The summed E-state index contributed by atoms with van der Waals surface area (Å²) < 4.78 is 10.1. The Morgan fingerprint density at radius 1 is 1.53 bits per heavy atom. The quantitative estimate of drug-likeness (QED) is 0.643. The molecule has 4 nitrogen and oxygen atoms in total. The highest BCUT2D eigenvalue weighted by Gasteiger charge is 2.31. The molecule has 1 aliphatic carbocycles. The molecule has 0 aromatic heterocycles. The van der Waals surface area contributed by atoms with E-state index in [0.717, 1.165) is 25.6 Å². The van der Waals surface area contributed by atoms with Gasteiger partial charge in [0.05, 0.1) is 20.3 Å². The average molecular weight is 213 g/mol. The molecule has 0 N–H and O–H groups in total. The Bertz CT molecular complexity index is 228. The lowest BCUT2D eigenvalue weighted by molar-refractivity contribution is -0.153. The summed E-state index contributed by atoms with van der Waals surface area (Å²) in [6.45, 7) is 3.08. The van der Waals surface area contributed by atoms with Crippen molar-refractivity contribution in [2.75, 3.05) is 33.4 Å². The van der Waals surface area contributed by atoms with Crippen molar-refractivity contribution >= 4 is 5.97 Å². The number of hydrogen-bond donors (Lipinski definition) is 0. The van der Waals surface area contributed by atoms with Gasteiger partial charge in [0.15, 0.2) is 0 Å². The van der Waals surface area contributed by atoms with Gasteiger partial charge >= 0.3 is 5.97 Å². The molecule has 0 aromatic carbocycles. The van der Waals surface area contributed by atoms with E-state index in [1.807, 2.05) is 0 Å². The molecule has 1 heterocycles. The van der Waals surface area contributed by atoms with Crippen LogP contribution in [0.3, 0.4) is 0 Å². The molecule has 2 aliphatic rings. The van der Waals surface area contributed by atoms with Crippen LogP contribution in [0, 0.1) is 5.92 Å². The molecule has 0 bridgehead atoms. The average Bonchev–Trinajstić information content (AvgIpc) is 3.09. The van der Waals surface area contributed by atoms with E-state index in [1.165, 1.54) is 26.4 Å². The van der Waals surface area contributed by atoms with Gasteiger partial charge < -0.3 is 9.47 Å². The summed E-state index contributed by atoms with van der Waals surface area (Å²) in [4.78, 5) is 13.7. The smallest absolute Gasteiger partial charge is 0.325 e. The number of rotatable bonds is 4. The largest absolute Gasteiger partial charge is 0.468 e. The Labute approximate surface area is 90.5 Å². The molecule has 1 saturated carbocycles. The van der Waals surface area contributed by atoms with Crippen molar-refractivity contribution in [3.05, 3.63) is 0 Å². The van der Waals surface area contributed by atoms with Gasteiger partial charge in [-0.3, -0.25) is 9.69 Å². The third-order valence-electron chi connectivity index (χ3n) is 3.23. The van der Waals surface area contributed by atoms with E-state index >= 15 is 0 Å². The summed E-state index contributed by atoms with van der Waals surface area (Å²) in [5.74, 6) is 0.747. The second kappa shape index (κ2) is 4.94. The summed E-state index contributed by atoms with van der Waals surface area (Å²) in [6, 6.07) is -0.178. The van der Waals surface area contributed by atoms with E-state index in [4.69, 9.17) is 9.47 Å². The monoisotopic (exact) mass is 213 g/mol. The predicted molar refractivity (Wildman–Crippen MR) is 55.5 cm³/mol. The fraction of sp³-hybridized carbons (Fsp3) is 0.909. The molecule has 0 amide bonds. The molecule has 1 atom stereocenters. The van der Waals surface area contributed by atoms with E-state index in [-0.39, 0.29) is 12.0 Å². The van der Waals surface area contributed by atoms with Gasteiger partial charge in [-0.15, -0.1) is 0 Å². The van der Waals surface area contributed by atoms with Crippen LogP contribution in [0.1, 0.15) is 19.3 Å². The Morgan fingerprint density at radius 2 is 2.33 bits per heavy atom. The van der Waals surface area contributed by atoms with Crippen molar-refractivity contribution in [2.24, 2.45) is 5.92 Å². The van der Waals surface area contributed by atoms with Crippen LogP contribution in [0.2, 0.25) is 0 Å². The number of morpholine rings is 1. The molecule has 1 saturated heterocycles. The summed E-state index contributed by atoms with van der Waals surface area (Å²) in [5, 5.41) is 0. The first-order valence-electron chi connectivity index (χ1n) is 5.71. The fourth-order valence-electron chi connectivity index (χ4n) is 2.01. The Kier molecular flexibility index (Phi) is 3.59. The second-order valence-corrected chi connectivity index (χ2v) is 4.38. The van der Waals surface area contributed by atoms with Gasteiger partial charge in [-0.2, -0.15) is 0 Å². The van der Waals surface area contributed by atoms with Crippen LogP contribution >= 0.6 is 0 Å². The third kappa shape index (κ3) is 2.92. The van der Waals surface area contributed by atoms with Gasteiger partial charge in [0.25, 0.3) is 0 Å². The summed E-state index contributed by atoms with van der Waals surface area (Å²) >= 11 is 0. The predicted octanol–water partition coefficient (Wildman–Crippen LogP) is 0.660. The van der Waals surface area contributed by atoms with E-state index in [1.54, 1.807) is 0 Å². The Hall–Kier alpha value is -0.610. The van der Waals surface area contributed by atoms with Crippen LogP contribution in [0.15, 0.2) is 0 Å². The first-order chi connectivity index (χ1) is 7.31. The highest BCUT2D eigenvalue weighted by Crippen LogP contribution is 2.32. The maximum Gasteiger partial charge on any atom is 0.325 e. The van der Waals surface area contributed by atoms with E-state index in [0.29, 0.717) is 6.61 Å². The lowest BCUT2D eigenvalue weighted by atomic mass is 10.2. The molecular formula is C11H19NO3. The fourth-order valence-corrected chi connectivity index (χ4v) is 2.01. The maximum atomic E-state index is 11.5. The summed E-state index contributed by atoms with van der Waals surface area (Å²) in [7, 11) is 1.44. The zero-order chi connectivity index (χ0) is 10.7. The number of carbonyl (C=O) groups excluding carboxylic acids is 1. The standard InChI is InChI=1S/C11H19NO3/c1-14-11(13)10-8-15-7-6-12(10)5-4-9-2-3-9/h9-10H,2-8H2,1H3. The normalized spacial score (nSPS) is 27.7. The van der Waals surface area contributed by atoms with Crippen molar-refractivity contribution in [1.82, 2.24) is 4.90 Å². The van der Waals surface area contributed by atoms with Crippen LogP contribution in [0.4, 0.5) is 0 Å². The molecule has 0 radical (unpaired) electrons. The molecule has 2 rings (SSSR count). The van der Waals surface area contributed by atoms with Crippen LogP contribution < -0.4 is 0 Å². The van der Waals surface area contributed by atoms with Crippen molar-refractivity contribution in [3.8, 4) is 0 Å². The lowest BCUT2D eigenvalue weighted by Gasteiger charge is -2.33. The molecule has 86 valence electrons. The minimum absolute atomic E-state index is 0.162. The number of carbonyl (C=O) groups is 1. The van der Waals surface area contributed by atoms with E-state index in [2.05, 4.69) is 4.90 Å². The first-order valence-corrected chi connectivity index (χ1v) is 5.71. The van der Waals surface area contributed by atoms with Crippen molar-refractivity contribution in [3.63, 3.8) is 0 Å². The number of hydrogen-bond acceptors (Lipinski definition) is 4. The minimum atomic E-state index is -0.178. The minimum Gasteiger partial charge on any atom is -0.468 e. The summed E-state index contributed by atoms with van der Waals surface area (Å²) in [6.07, 6.45) is 3.95. The molecule has 0 spiro atoms. The summed E-state index contributed by atoms with van der Waals surface area (Å²) in [5.41, 5.74) is 0. The maximum absolute atomic E-state index is 11.5. The molecule has 15 heavy (non-hydrogen) atoms. The van der Waals surface area contributed by atoms with Gasteiger partial charge in [0.2, 0.25) is 0 Å². The molecule has 0 aromatic rings. The molecule has 2 fully saturated rings. The zero-order valence-corrected chi connectivity index (χ0v) is 9.28. The van der Waals surface area contributed by atoms with Gasteiger partial charge in [0.1, 0.15) is 6.04 Å². The first kappa shape index (κ1) is 10.9. The topological polar surface area (TPSA) is 38.8 Å². The van der Waals surface area contributed by atoms with Crippen LogP contribution in [-0.2, 0) is 14.3 Å². The molecule has 4 heteroatoms. The number of ether oxygens (including phenoxy) is 2. The molecule has 1 aliphatic heterocycles. The third-order valence-corrected chi connectivity index (χ3v) is 3.23. The van der Waals surface area contributed by atoms with Crippen LogP contribution in [0.5, 0.6) is 0 Å². The van der Waals surface area contributed by atoms with Crippen molar-refractivity contribution in [1.29, 1.82) is 0 Å². The molecular weight excluding hydrogens is 194 g/mol. The Balaban J connectivity index is 1.83. The van der Waals surface area contributed by atoms with Crippen molar-refractivity contribution < 1.29 is 14.3 Å².